The maximum Gasteiger partial charge on any atom is 0.326 e. The molecule has 0 fully saturated rings. The first-order valence-electron chi connectivity index (χ1n) is 12.2. The third-order valence-corrected chi connectivity index (χ3v) is 6.75. The lowest BCUT2D eigenvalue weighted by Gasteiger charge is -2.25. The van der Waals surface area contributed by atoms with Crippen LogP contribution < -0.4 is 21.7 Å². The molecule has 2 heterocycles. The molecule has 0 saturated carbocycles. The summed E-state index contributed by atoms with van der Waals surface area (Å²) in [4.78, 5) is 60.8. The zero-order valence-electron chi connectivity index (χ0n) is 21.3. The largest absolute Gasteiger partial charge is 0.480 e. The first kappa shape index (κ1) is 29.7. The number of aliphatic hydroxyl groups excluding tert-OH is 1. The molecule has 0 saturated heterocycles. The first-order chi connectivity index (χ1) is 18.7. The lowest BCUT2D eigenvalue weighted by molar-refractivity contribution is -0.142. The minimum atomic E-state index is -1.28. The van der Waals surface area contributed by atoms with Gasteiger partial charge < -0.3 is 41.9 Å². The van der Waals surface area contributed by atoms with Crippen molar-refractivity contribution in [2.24, 2.45) is 5.73 Å². The number of carboxylic acids is 1. The highest BCUT2D eigenvalue weighted by Crippen LogP contribution is 2.19. The number of carbonyl (C=O) groups excluding carboxylic acids is 3. The predicted molar refractivity (Wildman–Crippen MR) is 146 cm³/mol. The first-order valence-corrected chi connectivity index (χ1v) is 13.6. The Morgan fingerprint density at radius 3 is 2.36 bits per heavy atom. The van der Waals surface area contributed by atoms with Crippen molar-refractivity contribution in [3.05, 3.63) is 54.2 Å². The molecule has 0 aliphatic carbocycles. The van der Waals surface area contributed by atoms with Crippen molar-refractivity contribution >= 4 is 46.4 Å². The van der Waals surface area contributed by atoms with Gasteiger partial charge in [0.15, 0.2) is 0 Å². The molecule has 0 aliphatic heterocycles. The lowest BCUT2D eigenvalue weighted by atomic mass is 10.0. The standard InChI is InChI=1S/C25H33N7O6S/c1-39-7-6-19(30-22(34)17(26)12-33)23(35)31-20(8-14-10-28-18-5-3-2-4-16(14)18)24(36)32-21(25(37)38)9-15-11-27-13-29-15/h2-5,10-11,13,17,19-21,28,33H,6-9,12,26H2,1H3,(H,27,29)(H,30,34)(H,31,35)(H,32,36)(H,37,38). The van der Waals surface area contributed by atoms with Crippen molar-refractivity contribution in [1.29, 1.82) is 0 Å². The fourth-order valence-electron chi connectivity index (χ4n) is 3.96. The number of hydrogen-bond donors (Lipinski definition) is 8. The van der Waals surface area contributed by atoms with Gasteiger partial charge >= 0.3 is 5.97 Å². The normalized spacial score (nSPS) is 14.2. The number of rotatable bonds is 15. The maximum absolute atomic E-state index is 13.4. The number of nitrogens with two attached hydrogens (primary N) is 1. The van der Waals surface area contributed by atoms with Crippen molar-refractivity contribution in [1.82, 2.24) is 30.9 Å². The Morgan fingerprint density at radius 1 is 1.00 bits per heavy atom. The summed E-state index contributed by atoms with van der Waals surface area (Å²) in [6.45, 7) is -0.596. The maximum atomic E-state index is 13.4. The van der Waals surface area contributed by atoms with Crippen LogP contribution in [0.4, 0.5) is 0 Å². The molecule has 3 amide bonds. The Bertz CT molecular complexity index is 1260. The van der Waals surface area contributed by atoms with Gasteiger partial charge in [-0.2, -0.15) is 11.8 Å². The number of benzene rings is 1. The number of aliphatic hydroxyl groups is 1. The van der Waals surface area contributed by atoms with Crippen LogP contribution in [-0.2, 0) is 32.0 Å². The summed E-state index contributed by atoms with van der Waals surface area (Å²) in [5.41, 5.74) is 7.68. The highest BCUT2D eigenvalue weighted by atomic mass is 32.2. The van der Waals surface area contributed by atoms with E-state index in [4.69, 9.17) is 5.73 Å². The van der Waals surface area contributed by atoms with Crippen LogP contribution in [0, 0.1) is 0 Å². The highest BCUT2D eigenvalue weighted by Gasteiger charge is 2.31. The minimum Gasteiger partial charge on any atom is -0.480 e. The SMILES string of the molecule is CSCCC(NC(=O)C(N)CO)C(=O)NC(Cc1c[nH]c2ccccc12)C(=O)NC(Cc1cnc[nH]1)C(=O)O. The number of H-pyrrole nitrogens is 2. The van der Waals surface area contributed by atoms with Crippen molar-refractivity contribution in [2.75, 3.05) is 18.6 Å². The number of aromatic nitrogens is 3. The van der Waals surface area contributed by atoms with E-state index in [-0.39, 0.29) is 19.3 Å². The average molecular weight is 560 g/mol. The molecule has 210 valence electrons. The Kier molecular flexibility index (Phi) is 10.9. The van der Waals surface area contributed by atoms with E-state index in [1.165, 1.54) is 24.3 Å². The van der Waals surface area contributed by atoms with Gasteiger partial charge in [-0.3, -0.25) is 14.4 Å². The zero-order valence-corrected chi connectivity index (χ0v) is 22.2. The van der Waals surface area contributed by atoms with E-state index < -0.39 is 54.5 Å². The number of imidazole rings is 1. The lowest BCUT2D eigenvalue weighted by Crippen LogP contribution is -2.58. The van der Waals surface area contributed by atoms with E-state index in [0.717, 1.165) is 16.5 Å². The number of aliphatic carboxylic acids is 1. The number of fused-ring (bicyclic) bond motifs is 1. The van der Waals surface area contributed by atoms with Gasteiger partial charge in [-0.25, -0.2) is 9.78 Å². The van der Waals surface area contributed by atoms with Gasteiger partial charge in [0.05, 0.1) is 12.9 Å². The van der Waals surface area contributed by atoms with E-state index in [0.29, 0.717) is 11.4 Å². The predicted octanol–water partition coefficient (Wildman–Crippen LogP) is -0.712. The summed E-state index contributed by atoms with van der Waals surface area (Å²) in [6, 6.07) is 2.76. The summed E-state index contributed by atoms with van der Waals surface area (Å²) < 4.78 is 0. The third-order valence-electron chi connectivity index (χ3n) is 6.10. The molecule has 2 aromatic heterocycles. The summed E-state index contributed by atoms with van der Waals surface area (Å²) in [5.74, 6) is -2.78. The van der Waals surface area contributed by atoms with Gasteiger partial charge in [-0.05, 0) is 30.1 Å². The van der Waals surface area contributed by atoms with Gasteiger partial charge in [-0.1, -0.05) is 18.2 Å². The summed E-state index contributed by atoms with van der Waals surface area (Å²) in [7, 11) is 0. The van der Waals surface area contributed by atoms with Gasteiger partial charge in [-0.15, -0.1) is 0 Å². The van der Waals surface area contributed by atoms with Crippen molar-refractivity contribution in [3.63, 3.8) is 0 Å². The van der Waals surface area contributed by atoms with Gasteiger partial charge in [0.1, 0.15) is 24.2 Å². The number of aromatic amines is 2. The number of nitrogens with one attached hydrogen (secondary N) is 5. The molecule has 1 aromatic carbocycles. The van der Waals surface area contributed by atoms with Crippen LogP contribution in [-0.4, -0.2) is 91.6 Å². The summed E-state index contributed by atoms with van der Waals surface area (Å²) in [6.07, 6.45) is 6.69. The van der Waals surface area contributed by atoms with Crippen molar-refractivity contribution in [3.8, 4) is 0 Å². The van der Waals surface area contributed by atoms with Crippen LogP contribution in [0.3, 0.4) is 0 Å². The second kappa shape index (κ2) is 14.3. The van der Waals surface area contributed by atoms with E-state index in [9.17, 15) is 29.4 Å². The molecular formula is C25H33N7O6S. The second-order valence-corrected chi connectivity index (χ2v) is 9.92. The van der Waals surface area contributed by atoms with Gasteiger partial charge in [0, 0.05) is 41.8 Å². The van der Waals surface area contributed by atoms with E-state index in [1.54, 1.807) is 6.20 Å². The Hall–Kier alpha value is -3.88. The van der Waals surface area contributed by atoms with Gasteiger partial charge in [0.2, 0.25) is 17.7 Å². The van der Waals surface area contributed by atoms with E-state index >= 15 is 0 Å². The Balaban J connectivity index is 1.84. The number of carbonyl (C=O) groups is 4. The van der Waals surface area contributed by atoms with Crippen molar-refractivity contribution < 1.29 is 29.4 Å². The topological polar surface area (TPSA) is 215 Å². The highest BCUT2D eigenvalue weighted by molar-refractivity contribution is 7.98. The summed E-state index contributed by atoms with van der Waals surface area (Å²) >= 11 is 1.46. The van der Waals surface area contributed by atoms with Gasteiger partial charge in [0.25, 0.3) is 0 Å². The summed E-state index contributed by atoms with van der Waals surface area (Å²) in [5, 5.41) is 27.5. The number of hydrogen-bond acceptors (Lipinski definition) is 8. The smallest absolute Gasteiger partial charge is 0.326 e. The quantitative estimate of drug-likeness (QED) is 0.118. The van der Waals surface area contributed by atoms with Crippen LogP contribution in [0.5, 0.6) is 0 Å². The molecule has 0 bridgehead atoms. The number of thioether (sulfide) groups is 1. The molecule has 0 radical (unpaired) electrons. The van der Waals surface area contributed by atoms with E-state index in [1.807, 2.05) is 30.5 Å². The molecule has 14 heteroatoms. The number of nitrogens with zero attached hydrogens (tertiary/aromatic N) is 1. The minimum absolute atomic E-state index is 0.0414. The molecule has 3 aromatic rings. The van der Waals surface area contributed by atoms with Crippen molar-refractivity contribution in [2.45, 2.75) is 43.4 Å². The fourth-order valence-corrected chi connectivity index (χ4v) is 4.43. The van der Waals surface area contributed by atoms with E-state index in [2.05, 4.69) is 30.9 Å². The second-order valence-electron chi connectivity index (χ2n) is 8.94. The zero-order chi connectivity index (χ0) is 28.4. The average Bonchev–Trinajstić information content (AvgIpc) is 3.59. The molecule has 3 rings (SSSR count). The monoisotopic (exact) mass is 559 g/mol. The molecule has 39 heavy (non-hydrogen) atoms. The molecule has 0 spiro atoms. The molecule has 13 nitrogen and oxygen atoms in total. The molecule has 4 unspecified atom stereocenters. The molecular weight excluding hydrogens is 526 g/mol. The van der Waals surface area contributed by atoms with Crippen LogP contribution in [0.25, 0.3) is 10.9 Å². The van der Waals surface area contributed by atoms with Crippen LogP contribution in [0.1, 0.15) is 17.7 Å². The van der Waals surface area contributed by atoms with Crippen LogP contribution >= 0.6 is 11.8 Å². The van der Waals surface area contributed by atoms with Crippen LogP contribution in [0.2, 0.25) is 0 Å². The number of amides is 3. The number of para-hydroxylation sites is 1. The molecule has 9 N–H and O–H groups in total. The molecule has 0 aliphatic rings. The number of carboxylic acid groups (broad SMARTS) is 1. The Morgan fingerprint density at radius 2 is 1.69 bits per heavy atom. The Labute approximate surface area is 228 Å². The fraction of sp³-hybridized carbons (Fsp3) is 0.400. The van der Waals surface area contributed by atoms with Crippen LogP contribution in [0.15, 0.2) is 43.0 Å². The molecule has 4 atom stereocenters. The third kappa shape index (κ3) is 8.30.